The van der Waals surface area contributed by atoms with Crippen molar-refractivity contribution in [2.24, 2.45) is 17.8 Å². The first kappa shape index (κ1) is 10.8. The highest BCUT2D eigenvalue weighted by Crippen LogP contribution is 2.63. The van der Waals surface area contributed by atoms with Gasteiger partial charge < -0.3 is 9.47 Å². The number of hydrogen-bond donors (Lipinski definition) is 0. The van der Waals surface area contributed by atoms with Gasteiger partial charge in [0.05, 0.1) is 11.7 Å². The fourth-order valence-corrected chi connectivity index (χ4v) is 4.42. The van der Waals surface area contributed by atoms with Crippen molar-refractivity contribution in [3.05, 3.63) is 24.3 Å². The summed E-state index contributed by atoms with van der Waals surface area (Å²) in [5.74, 6) is 0.709. The number of ether oxygens (including phenoxy) is 2. The Hall–Kier alpha value is -1.09. The van der Waals surface area contributed by atoms with Crippen LogP contribution in [0.5, 0.6) is 0 Å². The van der Waals surface area contributed by atoms with Gasteiger partial charge in [0.25, 0.3) is 0 Å². The summed E-state index contributed by atoms with van der Waals surface area (Å²) in [5.41, 5.74) is 1.88. The van der Waals surface area contributed by atoms with E-state index in [1.807, 2.05) is 0 Å². The van der Waals surface area contributed by atoms with E-state index in [0.717, 1.165) is 19.3 Å². The first-order chi connectivity index (χ1) is 8.52. The summed E-state index contributed by atoms with van der Waals surface area (Å²) < 4.78 is 11.5. The first-order valence-electron chi connectivity index (χ1n) is 6.77. The normalized spacial score (nSPS) is 53.4. The van der Waals surface area contributed by atoms with E-state index >= 15 is 0 Å². The number of fused-ring (bicyclic) bond motifs is 5. The summed E-state index contributed by atoms with van der Waals surface area (Å²) in [4.78, 5) is 11.8. The third kappa shape index (κ3) is 1.11. The Morgan fingerprint density at radius 2 is 2.11 bits per heavy atom. The van der Waals surface area contributed by atoms with E-state index in [0.29, 0.717) is 17.6 Å². The molecular formula is C15H18O3. The maximum atomic E-state index is 11.8. The molecule has 0 aromatic heterocycles. The van der Waals surface area contributed by atoms with E-state index in [-0.39, 0.29) is 29.5 Å². The Labute approximate surface area is 107 Å². The Balaban J connectivity index is 1.77. The predicted octanol–water partition coefficient (Wildman–Crippen LogP) is 2.23. The Kier molecular flexibility index (Phi) is 1.85. The van der Waals surface area contributed by atoms with Crippen molar-refractivity contribution in [1.82, 2.24) is 0 Å². The monoisotopic (exact) mass is 246 g/mol. The molecule has 2 saturated heterocycles. The molecule has 4 aliphatic rings. The van der Waals surface area contributed by atoms with Crippen molar-refractivity contribution < 1.29 is 14.3 Å². The molecule has 0 radical (unpaired) electrons. The number of rotatable bonds is 0. The minimum absolute atomic E-state index is 0.0354. The van der Waals surface area contributed by atoms with Crippen LogP contribution in [0, 0.1) is 17.8 Å². The van der Waals surface area contributed by atoms with Crippen molar-refractivity contribution in [2.45, 2.75) is 44.0 Å². The Morgan fingerprint density at radius 3 is 2.89 bits per heavy atom. The van der Waals surface area contributed by atoms with E-state index in [1.165, 1.54) is 5.57 Å². The lowest BCUT2D eigenvalue weighted by molar-refractivity contribution is -0.143. The summed E-state index contributed by atoms with van der Waals surface area (Å²) in [5, 5.41) is 0. The Bertz CT molecular complexity index is 480. The molecule has 0 aromatic rings. The summed E-state index contributed by atoms with van der Waals surface area (Å²) in [6, 6.07) is 0. The molecule has 2 aliphatic heterocycles. The summed E-state index contributed by atoms with van der Waals surface area (Å²) in [6.45, 7) is 10.3. The standard InChI is InChI=1S/C15H18O3/c1-7-4-5-9-8(2)14(16)17-13(9)12-10(7)6-11-15(12,3)18-11/h9-13H,1-2,4-6H2,3H3/t9-,10-,11?,12-,13-,15+/m0/s1. The smallest absolute Gasteiger partial charge is 0.334 e. The van der Waals surface area contributed by atoms with E-state index in [1.54, 1.807) is 0 Å². The molecule has 2 aliphatic carbocycles. The molecule has 0 N–H and O–H groups in total. The third-order valence-corrected chi connectivity index (χ3v) is 5.55. The van der Waals surface area contributed by atoms with Crippen LogP contribution < -0.4 is 0 Å². The number of carbonyl (C=O) groups is 1. The van der Waals surface area contributed by atoms with E-state index in [2.05, 4.69) is 20.1 Å². The SMILES string of the molecule is C=C1C(=O)O[C@@H]2[C@@H]3[C@@H](CC4O[C@]43C)C(=C)CC[C@@H]12. The van der Waals surface area contributed by atoms with Gasteiger partial charge in [-0.3, -0.25) is 0 Å². The first-order valence-corrected chi connectivity index (χ1v) is 6.77. The minimum Gasteiger partial charge on any atom is -0.458 e. The molecule has 4 fully saturated rings. The van der Waals surface area contributed by atoms with Gasteiger partial charge in [-0.05, 0) is 32.1 Å². The number of allylic oxidation sites excluding steroid dienone is 1. The number of esters is 1. The van der Waals surface area contributed by atoms with Crippen molar-refractivity contribution in [3.63, 3.8) is 0 Å². The van der Waals surface area contributed by atoms with Crippen LogP contribution in [0.25, 0.3) is 0 Å². The van der Waals surface area contributed by atoms with Crippen molar-refractivity contribution in [3.8, 4) is 0 Å². The zero-order valence-corrected chi connectivity index (χ0v) is 10.6. The topological polar surface area (TPSA) is 38.8 Å². The molecule has 18 heavy (non-hydrogen) atoms. The quantitative estimate of drug-likeness (QED) is 0.285. The van der Waals surface area contributed by atoms with E-state index in [4.69, 9.17) is 9.47 Å². The zero-order valence-electron chi connectivity index (χ0n) is 10.6. The van der Waals surface area contributed by atoms with Crippen LogP contribution in [0.1, 0.15) is 26.2 Å². The molecule has 0 amide bonds. The van der Waals surface area contributed by atoms with Crippen LogP contribution in [0.4, 0.5) is 0 Å². The summed E-state index contributed by atoms with van der Waals surface area (Å²) in [6.07, 6.45) is 3.29. The number of hydrogen-bond acceptors (Lipinski definition) is 3. The molecule has 2 heterocycles. The van der Waals surface area contributed by atoms with E-state index < -0.39 is 0 Å². The van der Waals surface area contributed by atoms with Gasteiger partial charge in [-0.25, -0.2) is 4.79 Å². The highest BCUT2D eigenvalue weighted by atomic mass is 16.6. The fourth-order valence-electron chi connectivity index (χ4n) is 4.42. The molecule has 4 rings (SSSR count). The van der Waals surface area contributed by atoms with Crippen LogP contribution in [0.2, 0.25) is 0 Å². The number of epoxide rings is 1. The maximum Gasteiger partial charge on any atom is 0.334 e. The van der Waals surface area contributed by atoms with E-state index in [9.17, 15) is 4.79 Å². The maximum absolute atomic E-state index is 11.8. The molecule has 2 saturated carbocycles. The highest BCUT2D eigenvalue weighted by molar-refractivity contribution is 5.90. The average Bonchev–Trinajstić information content (AvgIpc) is 2.82. The molecule has 3 heteroatoms. The molecule has 96 valence electrons. The zero-order chi connectivity index (χ0) is 12.7. The average molecular weight is 246 g/mol. The van der Waals surface area contributed by atoms with Gasteiger partial charge in [0.1, 0.15) is 6.10 Å². The van der Waals surface area contributed by atoms with Crippen LogP contribution >= 0.6 is 0 Å². The molecule has 0 spiro atoms. The fraction of sp³-hybridized carbons (Fsp3) is 0.667. The molecular weight excluding hydrogens is 228 g/mol. The largest absolute Gasteiger partial charge is 0.458 e. The van der Waals surface area contributed by atoms with Crippen LogP contribution in [0.15, 0.2) is 24.3 Å². The Morgan fingerprint density at radius 1 is 1.33 bits per heavy atom. The highest BCUT2D eigenvalue weighted by Gasteiger charge is 2.70. The lowest BCUT2D eigenvalue weighted by Crippen LogP contribution is -2.37. The van der Waals surface area contributed by atoms with Crippen LogP contribution in [-0.2, 0) is 14.3 Å². The van der Waals surface area contributed by atoms with Crippen molar-refractivity contribution in [2.75, 3.05) is 0 Å². The van der Waals surface area contributed by atoms with Gasteiger partial charge in [0.15, 0.2) is 0 Å². The van der Waals surface area contributed by atoms with Gasteiger partial charge in [-0.1, -0.05) is 18.7 Å². The molecule has 1 unspecified atom stereocenters. The summed E-state index contributed by atoms with van der Waals surface area (Å²) >= 11 is 0. The predicted molar refractivity (Wildman–Crippen MR) is 65.8 cm³/mol. The van der Waals surface area contributed by atoms with Gasteiger partial charge in [0, 0.05) is 17.4 Å². The lowest BCUT2D eigenvalue weighted by Gasteiger charge is -2.30. The second kappa shape index (κ2) is 3.08. The number of carbonyl (C=O) groups excluding carboxylic acids is 1. The molecule has 6 atom stereocenters. The lowest BCUT2D eigenvalue weighted by atomic mass is 9.78. The van der Waals surface area contributed by atoms with Crippen molar-refractivity contribution in [1.29, 1.82) is 0 Å². The molecule has 0 bridgehead atoms. The van der Waals surface area contributed by atoms with Crippen molar-refractivity contribution >= 4 is 5.97 Å². The molecule has 0 aromatic carbocycles. The third-order valence-electron chi connectivity index (χ3n) is 5.55. The van der Waals surface area contributed by atoms with Crippen LogP contribution in [-0.4, -0.2) is 23.8 Å². The van der Waals surface area contributed by atoms with Gasteiger partial charge in [0.2, 0.25) is 0 Å². The minimum atomic E-state index is -0.205. The van der Waals surface area contributed by atoms with Gasteiger partial charge >= 0.3 is 5.97 Å². The second-order valence-electron chi connectivity index (χ2n) is 6.36. The summed E-state index contributed by atoms with van der Waals surface area (Å²) in [7, 11) is 0. The van der Waals surface area contributed by atoms with Crippen LogP contribution in [0.3, 0.4) is 0 Å². The van der Waals surface area contributed by atoms with Gasteiger partial charge in [-0.2, -0.15) is 0 Å². The second-order valence-corrected chi connectivity index (χ2v) is 6.36. The molecule has 3 nitrogen and oxygen atoms in total. The van der Waals surface area contributed by atoms with Gasteiger partial charge in [-0.15, -0.1) is 0 Å².